The Morgan fingerprint density at radius 1 is 1.19 bits per heavy atom. The van der Waals surface area contributed by atoms with Gasteiger partial charge in [-0.3, -0.25) is 0 Å². The number of nitrogens with two attached hydrogens (primary N) is 1. The second kappa shape index (κ2) is 7.63. The molecule has 2 N–H and O–H groups in total. The summed E-state index contributed by atoms with van der Waals surface area (Å²) in [6.45, 7) is 7.31. The second-order valence-corrected chi connectivity index (χ2v) is 7.01. The Morgan fingerprint density at radius 2 is 1.81 bits per heavy atom. The lowest BCUT2D eigenvalue weighted by Gasteiger charge is -2.19. The maximum absolute atomic E-state index is 12.1. The highest BCUT2D eigenvalue weighted by Gasteiger charge is 2.18. The van der Waals surface area contributed by atoms with Gasteiger partial charge in [0.1, 0.15) is 12.4 Å². The number of anilines is 1. The molecule has 0 aromatic heterocycles. The maximum atomic E-state index is 12.1. The molecule has 6 nitrogen and oxygen atoms in total. The van der Waals surface area contributed by atoms with Gasteiger partial charge in [-0.15, -0.1) is 0 Å². The van der Waals surface area contributed by atoms with Gasteiger partial charge in [-0.25, -0.2) is 12.7 Å². The van der Waals surface area contributed by atoms with E-state index < -0.39 is 10.0 Å². The van der Waals surface area contributed by atoms with Crippen LogP contribution in [0, 0.1) is 0 Å². The van der Waals surface area contributed by atoms with E-state index in [0.29, 0.717) is 18.0 Å². The highest BCUT2D eigenvalue weighted by atomic mass is 32.2. The summed E-state index contributed by atoms with van der Waals surface area (Å²) in [7, 11) is -0.494. The Bertz CT molecular complexity index is 555. The van der Waals surface area contributed by atoms with E-state index in [9.17, 15) is 8.42 Å². The molecule has 0 atom stereocenters. The van der Waals surface area contributed by atoms with Crippen molar-refractivity contribution in [2.75, 3.05) is 46.1 Å². The minimum absolute atomic E-state index is 0.180. The van der Waals surface area contributed by atoms with Crippen LogP contribution < -0.4 is 10.5 Å². The van der Waals surface area contributed by atoms with Crippen molar-refractivity contribution in [1.29, 1.82) is 0 Å². The fourth-order valence-corrected chi connectivity index (χ4v) is 2.75. The topological polar surface area (TPSA) is 75.9 Å². The first-order valence-electron chi connectivity index (χ1n) is 7.00. The molecule has 0 aliphatic rings. The van der Waals surface area contributed by atoms with Crippen LogP contribution >= 0.6 is 0 Å². The molecule has 0 radical (unpaired) electrons. The average molecular weight is 315 g/mol. The number of benzene rings is 1. The van der Waals surface area contributed by atoms with E-state index >= 15 is 0 Å². The van der Waals surface area contributed by atoms with Crippen LogP contribution in [0.2, 0.25) is 0 Å². The van der Waals surface area contributed by atoms with Crippen molar-refractivity contribution in [2.45, 2.75) is 18.7 Å². The normalized spacial score (nSPS) is 12.1. The molecule has 120 valence electrons. The van der Waals surface area contributed by atoms with Crippen molar-refractivity contribution in [2.24, 2.45) is 0 Å². The van der Waals surface area contributed by atoms with E-state index in [1.165, 1.54) is 26.2 Å². The molecule has 0 spiro atoms. The SMILES string of the molecule is CCN(CC)CCOc1cc(S(=O)(=O)N(C)C)ccc1N. The number of sulfonamides is 1. The fourth-order valence-electron chi connectivity index (χ4n) is 1.84. The molecule has 0 aliphatic carbocycles. The highest BCUT2D eigenvalue weighted by Crippen LogP contribution is 2.26. The molecule has 1 aromatic carbocycles. The van der Waals surface area contributed by atoms with Crippen molar-refractivity contribution in [3.8, 4) is 5.75 Å². The van der Waals surface area contributed by atoms with Gasteiger partial charge in [0.2, 0.25) is 10.0 Å². The number of nitrogens with zero attached hydrogens (tertiary/aromatic N) is 2. The monoisotopic (exact) mass is 315 g/mol. The van der Waals surface area contributed by atoms with E-state index in [0.717, 1.165) is 23.9 Å². The summed E-state index contributed by atoms with van der Waals surface area (Å²) in [4.78, 5) is 2.40. The molecular formula is C14H25N3O3S. The van der Waals surface area contributed by atoms with Gasteiger partial charge in [-0.05, 0) is 25.2 Å². The standard InChI is InChI=1S/C14H25N3O3S/c1-5-17(6-2)9-10-20-14-11-12(7-8-13(14)15)21(18,19)16(3)4/h7-8,11H,5-6,9-10,15H2,1-4H3. The number of nitrogen functional groups attached to an aromatic ring is 1. The van der Waals surface area contributed by atoms with E-state index in [1.54, 1.807) is 6.07 Å². The Labute approximate surface area is 127 Å². The van der Waals surface area contributed by atoms with Crippen LogP contribution in [0.25, 0.3) is 0 Å². The molecule has 0 heterocycles. The van der Waals surface area contributed by atoms with Crippen molar-refractivity contribution in [3.63, 3.8) is 0 Å². The summed E-state index contributed by atoms with van der Waals surface area (Å²) in [5, 5.41) is 0. The first-order valence-corrected chi connectivity index (χ1v) is 8.44. The van der Waals surface area contributed by atoms with Crippen molar-refractivity contribution in [3.05, 3.63) is 18.2 Å². The Balaban J connectivity index is 2.84. The number of likely N-dealkylation sites (N-methyl/N-ethyl adjacent to an activating group) is 1. The molecule has 0 saturated heterocycles. The van der Waals surface area contributed by atoms with Crippen molar-refractivity contribution in [1.82, 2.24) is 9.21 Å². The van der Waals surface area contributed by atoms with Gasteiger partial charge < -0.3 is 15.4 Å². The summed E-state index contributed by atoms with van der Waals surface area (Å²) in [6, 6.07) is 4.53. The van der Waals surface area contributed by atoms with Gasteiger partial charge in [-0.2, -0.15) is 0 Å². The molecule has 1 aromatic rings. The lowest BCUT2D eigenvalue weighted by molar-refractivity contribution is 0.223. The first-order chi connectivity index (χ1) is 9.82. The summed E-state index contributed by atoms with van der Waals surface area (Å²) in [6.07, 6.45) is 0. The summed E-state index contributed by atoms with van der Waals surface area (Å²) < 4.78 is 31.0. The second-order valence-electron chi connectivity index (χ2n) is 4.86. The summed E-state index contributed by atoms with van der Waals surface area (Å²) in [5.41, 5.74) is 6.28. The zero-order valence-corrected chi connectivity index (χ0v) is 14.0. The third-order valence-electron chi connectivity index (χ3n) is 3.32. The number of hydrogen-bond acceptors (Lipinski definition) is 5. The summed E-state index contributed by atoms with van der Waals surface area (Å²) in [5.74, 6) is 0.407. The van der Waals surface area contributed by atoms with Gasteiger partial charge in [0, 0.05) is 26.7 Å². The van der Waals surface area contributed by atoms with E-state index in [-0.39, 0.29) is 4.90 Å². The fraction of sp³-hybridized carbons (Fsp3) is 0.571. The van der Waals surface area contributed by atoms with Crippen LogP contribution in [0.3, 0.4) is 0 Å². The smallest absolute Gasteiger partial charge is 0.242 e. The molecule has 1 rings (SSSR count). The maximum Gasteiger partial charge on any atom is 0.242 e. The van der Waals surface area contributed by atoms with Gasteiger partial charge >= 0.3 is 0 Å². The minimum Gasteiger partial charge on any atom is -0.490 e. The van der Waals surface area contributed by atoms with Gasteiger partial charge in [0.15, 0.2) is 0 Å². The molecular weight excluding hydrogens is 290 g/mol. The van der Waals surface area contributed by atoms with Crippen LogP contribution in [0.1, 0.15) is 13.8 Å². The first kappa shape index (κ1) is 17.7. The third kappa shape index (κ3) is 4.59. The zero-order chi connectivity index (χ0) is 16.0. The lowest BCUT2D eigenvalue weighted by Crippen LogP contribution is -2.28. The zero-order valence-electron chi connectivity index (χ0n) is 13.2. The number of hydrogen-bond donors (Lipinski definition) is 1. The quantitative estimate of drug-likeness (QED) is 0.731. The van der Waals surface area contributed by atoms with Crippen LogP contribution in [-0.4, -0.2) is 58.0 Å². The van der Waals surface area contributed by atoms with Crippen molar-refractivity contribution >= 4 is 15.7 Å². The van der Waals surface area contributed by atoms with Crippen LogP contribution in [0.5, 0.6) is 5.75 Å². The molecule has 0 unspecified atom stereocenters. The molecule has 7 heteroatoms. The molecule has 21 heavy (non-hydrogen) atoms. The van der Waals surface area contributed by atoms with Gasteiger partial charge in [0.05, 0.1) is 10.6 Å². The van der Waals surface area contributed by atoms with E-state index in [1.807, 2.05) is 0 Å². The third-order valence-corrected chi connectivity index (χ3v) is 5.13. The van der Waals surface area contributed by atoms with Crippen LogP contribution in [0.15, 0.2) is 23.1 Å². The molecule has 0 saturated carbocycles. The average Bonchev–Trinajstić information content (AvgIpc) is 2.45. The number of ether oxygens (including phenoxy) is 1. The highest BCUT2D eigenvalue weighted by molar-refractivity contribution is 7.89. The molecule has 0 aliphatic heterocycles. The van der Waals surface area contributed by atoms with Crippen LogP contribution in [-0.2, 0) is 10.0 Å². The van der Waals surface area contributed by atoms with Crippen molar-refractivity contribution < 1.29 is 13.2 Å². The molecule has 0 bridgehead atoms. The summed E-state index contributed by atoms with van der Waals surface area (Å²) >= 11 is 0. The van der Waals surface area contributed by atoms with E-state index in [2.05, 4.69) is 18.7 Å². The molecule has 0 amide bonds. The lowest BCUT2D eigenvalue weighted by atomic mass is 10.3. The molecule has 0 fully saturated rings. The van der Waals surface area contributed by atoms with E-state index in [4.69, 9.17) is 10.5 Å². The predicted octanol–water partition coefficient (Wildman–Crippen LogP) is 1.24. The predicted molar refractivity (Wildman–Crippen MR) is 85.0 cm³/mol. The van der Waals surface area contributed by atoms with Gasteiger partial charge in [0.25, 0.3) is 0 Å². The van der Waals surface area contributed by atoms with Gasteiger partial charge in [-0.1, -0.05) is 13.8 Å². The Hall–Kier alpha value is -1.31. The minimum atomic E-state index is -3.48. The largest absolute Gasteiger partial charge is 0.490 e. The Kier molecular flexibility index (Phi) is 6.44. The number of rotatable bonds is 8. The van der Waals surface area contributed by atoms with Crippen LogP contribution in [0.4, 0.5) is 5.69 Å². The Morgan fingerprint density at radius 3 is 2.33 bits per heavy atom.